The van der Waals surface area contributed by atoms with E-state index in [0.29, 0.717) is 11.4 Å². The van der Waals surface area contributed by atoms with Crippen LogP contribution in [0.1, 0.15) is 22.7 Å². The lowest BCUT2D eigenvalue weighted by Gasteiger charge is -2.14. The molecule has 0 bridgehead atoms. The maximum atomic E-state index is 12.2. The van der Waals surface area contributed by atoms with Crippen LogP contribution in [-0.2, 0) is 11.3 Å². The highest BCUT2D eigenvalue weighted by Crippen LogP contribution is 2.44. The summed E-state index contributed by atoms with van der Waals surface area (Å²) >= 11 is 0. The minimum Gasteiger partial charge on any atom is -0.448 e. The number of hydrogen-bond donors (Lipinski definition) is 2. The molecule has 0 radical (unpaired) electrons. The quantitative estimate of drug-likeness (QED) is 0.751. The lowest BCUT2D eigenvalue weighted by Crippen LogP contribution is -2.18. The molecule has 0 saturated carbocycles. The van der Waals surface area contributed by atoms with Gasteiger partial charge in [-0.05, 0) is 34.4 Å². The number of pyridine rings is 1. The van der Waals surface area contributed by atoms with E-state index in [0.717, 1.165) is 0 Å². The van der Waals surface area contributed by atoms with Gasteiger partial charge in [0.05, 0.1) is 12.3 Å². The van der Waals surface area contributed by atoms with Crippen molar-refractivity contribution in [2.45, 2.75) is 12.5 Å². The maximum absolute atomic E-state index is 12.2. The van der Waals surface area contributed by atoms with Gasteiger partial charge in [0, 0.05) is 17.8 Å². The SMILES string of the molecule is O=C(Nc1ccnc(CO)c1)OCC1c2ccccc2-c2ccccc21. The summed E-state index contributed by atoms with van der Waals surface area (Å²) in [5, 5.41) is 11.8. The molecule has 5 heteroatoms. The first kappa shape index (κ1) is 16.3. The minimum atomic E-state index is -0.526. The molecule has 130 valence electrons. The van der Waals surface area contributed by atoms with Crippen molar-refractivity contribution in [1.29, 1.82) is 0 Å². The molecule has 0 unspecified atom stereocenters. The molecule has 0 saturated heterocycles. The van der Waals surface area contributed by atoms with Crippen LogP contribution in [0.15, 0.2) is 66.9 Å². The van der Waals surface area contributed by atoms with E-state index in [1.807, 2.05) is 24.3 Å². The van der Waals surface area contributed by atoms with Gasteiger partial charge in [0.15, 0.2) is 0 Å². The molecule has 4 rings (SSSR count). The van der Waals surface area contributed by atoms with E-state index in [-0.39, 0.29) is 19.1 Å². The number of carbonyl (C=O) groups is 1. The molecular formula is C21H18N2O3. The highest BCUT2D eigenvalue weighted by atomic mass is 16.5. The number of carbonyl (C=O) groups excluding carboxylic acids is 1. The summed E-state index contributed by atoms with van der Waals surface area (Å²) in [6.45, 7) is 0.0814. The third-order valence-corrected chi connectivity index (χ3v) is 4.57. The van der Waals surface area contributed by atoms with Crippen molar-refractivity contribution in [3.8, 4) is 11.1 Å². The summed E-state index contributed by atoms with van der Waals surface area (Å²) in [6, 6.07) is 19.7. The van der Waals surface area contributed by atoms with Crippen LogP contribution in [-0.4, -0.2) is 22.8 Å². The van der Waals surface area contributed by atoms with Crippen LogP contribution in [0.2, 0.25) is 0 Å². The number of aromatic nitrogens is 1. The summed E-state index contributed by atoms with van der Waals surface area (Å²) < 4.78 is 5.48. The van der Waals surface area contributed by atoms with E-state index in [1.165, 1.54) is 28.5 Å². The average molecular weight is 346 g/mol. The number of nitrogens with zero attached hydrogens (tertiary/aromatic N) is 1. The van der Waals surface area contributed by atoms with Crippen LogP contribution >= 0.6 is 0 Å². The van der Waals surface area contributed by atoms with Crippen LogP contribution in [0.5, 0.6) is 0 Å². The van der Waals surface area contributed by atoms with Gasteiger partial charge < -0.3 is 9.84 Å². The van der Waals surface area contributed by atoms with Gasteiger partial charge in [0.25, 0.3) is 0 Å². The molecule has 1 amide bonds. The Hall–Kier alpha value is -3.18. The molecule has 26 heavy (non-hydrogen) atoms. The Morgan fingerprint density at radius 3 is 2.35 bits per heavy atom. The molecule has 5 nitrogen and oxygen atoms in total. The van der Waals surface area contributed by atoms with Gasteiger partial charge in [-0.25, -0.2) is 4.79 Å². The molecule has 0 aliphatic heterocycles. The van der Waals surface area contributed by atoms with Crippen molar-refractivity contribution in [2.24, 2.45) is 0 Å². The second-order valence-electron chi connectivity index (χ2n) is 6.14. The number of aliphatic hydroxyl groups excluding tert-OH is 1. The third-order valence-electron chi connectivity index (χ3n) is 4.57. The van der Waals surface area contributed by atoms with Gasteiger partial charge in [0.1, 0.15) is 6.61 Å². The predicted molar refractivity (Wildman–Crippen MR) is 98.9 cm³/mol. The Bertz CT molecular complexity index is 910. The van der Waals surface area contributed by atoms with E-state index >= 15 is 0 Å². The summed E-state index contributed by atoms with van der Waals surface area (Å²) in [7, 11) is 0. The molecule has 2 N–H and O–H groups in total. The molecule has 1 aliphatic rings. The summed E-state index contributed by atoms with van der Waals surface area (Å²) in [6.07, 6.45) is 1.01. The number of hydrogen-bond acceptors (Lipinski definition) is 4. The van der Waals surface area contributed by atoms with Crippen LogP contribution in [0.25, 0.3) is 11.1 Å². The third kappa shape index (κ3) is 3.05. The fourth-order valence-corrected chi connectivity index (χ4v) is 3.39. The summed E-state index contributed by atoms with van der Waals surface area (Å²) in [5.41, 5.74) is 5.77. The number of amides is 1. The van der Waals surface area contributed by atoms with E-state index in [2.05, 4.69) is 34.6 Å². The van der Waals surface area contributed by atoms with Gasteiger partial charge in [-0.1, -0.05) is 48.5 Å². The molecular weight excluding hydrogens is 328 g/mol. The number of anilines is 1. The number of ether oxygens (including phenoxy) is 1. The predicted octanol–water partition coefficient (Wildman–Crippen LogP) is 3.93. The molecule has 3 aromatic rings. The van der Waals surface area contributed by atoms with Gasteiger partial charge >= 0.3 is 6.09 Å². The number of rotatable bonds is 4. The molecule has 0 spiro atoms. The van der Waals surface area contributed by atoms with Crippen LogP contribution in [0, 0.1) is 0 Å². The van der Waals surface area contributed by atoms with E-state index in [4.69, 9.17) is 9.84 Å². The zero-order valence-electron chi connectivity index (χ0n) is 14.1. The number of benzene rings is 2. The zero-order chi connectivity index (χ0) is 17.9. The summed E-state index contributed by atoms with van der Waals surface area (Å²) in [4.78, 5) is 16.2. The van der Waals surface area contributed by atoms with Gasteiger partial charge in [-0.2, -0.15) is 0 Å². The van der Waals surface area contributed by atoms with Crippen molar-refractivity contribution >= 4 is 11.8 Å². The molecule has 1 aromatic heterocycles. The molecule has 1 aliphatic carbocycles. The minimum absolute atomic E-state index is 0.0265. The van der Waals surface area contributed by atoms with Crippen molar-refractivity contribution < 1.29 is 14.6 Å². The zero-order valence-corrected chi connectivity index (χ0v) is 14.1. The highest BCUT2D eigenvalue weighted by molar-refractivity contribution is 5.85. The number of nitrogens with one attached hydrogen (secondary N) is 1. The Morgan fingerprint density at radius 1 is 1.04 bits per heavy atom. The van der Waals surface area contributed by atoms with Gasteiger partial charge in [0.2, 0.25) is 0 Å². The largest absolute Gasteiger partial charge is 0.448 e. The Balaban J connectivity index is 1.48. The number of aliphatic hydroxyl groups is 1. The highest BCUT2D eigenvalue weighted by Gasteiger charge is 2.28. The average Bonchev–Trinajstić information content (AvgIpc) is 3.00. The Morgan fingerprint density at radius 2 is 1.69 bits per heavy atom. The maximum Gasteiger partial charge on any atom is 0.411 e. The monoisotopic (exact) mass is 346 g/mol. The van der Waals surface area contributed by atoms with Crippen LogP contribution in [0.3, 0.4) is 0 Å². The molecule has 0 fully saturated rings. The van der Waals surface area contributed by atoms with Crippen molar-refractivity contribution in [3.63, 3.8) is 0 Å². The second-order valence-corrected chi connectivity index (χ2v) is 6.14. The second kappa shape index (κ2) is 6.98. The first-order chi connectivity index (χ1) is 12.8. The van der Waals surface area contributed by atoms with E-state index in [1.54, 1.807) is 12.1 Å². The van der Waals surface area contributed by atoms with Gasteiger partial charge in [-0.15, -0.1) is 0 Å². The smallest absolute Gasteiger partial charge is 0.411 e. The fourth-order valence-electron chi connectivity index (χ4n) is 3.39. The fraction of sp³-hybridized carbons (Fsp3) is 0.143. The van der Waals surface area contributed by atoms with Crippen molar-refractivity contribution in [2.75, 3.05) is 11.9 Å². The van der Waals surface area contributed by atoms with Crippen molar-refractivity contribution in [1.82, 2.24) is 4.98 Å². The van der Waals surface area contributed by atoms with Crippen LogP contribution in [0.4, 0.5) is 10.5 Å². The topological polar surface area (TPSA) is 71.5 Å². The number of fused-ring (bicyclic) bond motifs is 3. The normalized spacial score (nSPS) is 12.3. The van der Waals surface area contributed by atoms with Crippen molar-refractivity contribution in [3.05, 3.63) is 83.7 Å². The van der Waals surface area contributed by atoms with E-state index < -0.39 is 6.09 Å². The lowest BCUT2D eigenvalue weighted by atomic mass is 9.98. The Labute approximate surface area is 151 Å². The first-order valence-electron chi connectivity index (χ1n) is 8.44. The molecule has 2 aromatic carbocycles. The van der Waals surface area contributed by atoms with Gasteiger partial charge in [-0.3, -0.25) is 10.3 Å². The first-order valence-corrected chi connectivity index (χ1v) is 8.44. The van der Waals surface area contributed by atoms with Crippen LogP contribution < -0.4 is 5.32 Å². The standard InChI is InChI=1S/C21H18N2O3/c24-12-15-11-14(9-10-22-15)23-21(25)26-13-20-18-7-3-1-5-16(18)17-6-2-4-8-19(17)20/h1-11,20,24H,12-13H2,(H,22,23,25). The summed E-state index contributed by atoms with van der Waals surface area (Å²) in [5.74, 6) is 0.0265. The van der Waals surface area contributed by atoms with E-state index in [9.17, 15) is 4.79 Å². The lowest BCUT2D eigenvalue weighted by molar-refractivity contribution is 0.158. The molecule has 1 heterocycles. The Kier molecular flexibility index (Phi) is 4.37. The molecule has 0 atom stereocenters.